The molecule has 1 rings (SSSR count). The average molecular weight is 250 g/mol. The molecule has 0 aromatic heterocycles. The first-order valence-electron chi connectivity index (χ1n) is 6.24. The van der Waals surface area contributed by atoms with E-state index in [0.717, 1.165) is 38.1 Å². The van der Waals surface area contributed by atoms with Crippen LogP contribution in [0.5, 0.6) is 0 Å². The zero-order valence-electron chi connectivity index (χ0n) is 11.2. The highest BCUT2D eigenvalue weighted by atomic mass is 16.5. The molecule has 1 aromatic carbocycles. The number of unbranched alkanes of at least 4 members (excludes halogenated alkanes) is 1. The molecule has 0 heterocycles. The lowest BCUT2D eigenvalue weighted by atomic mass is 10.0. The summed E-state index contributed by atoms with van der Waals surface area (Å²) >= 11 is 0. The summed E-state index contributed by atoms with van der Waals surface area (Å²) in [5.74, 6) is -0.378. The van der Waals surface area contributed by atoms with Gasteiger partial charge in [0.15, 0.2) is 0 Å². The fourth-order valence-corrected chi connectivity index (χ4v) is 1.77. The maximum atomic E-state index is 11.0. The van der Waals surface area contributed by atoms with Crippen LogP contribution in [0.4, 0.5) is 0 Å². The van der Waals surface area contributed by atoms with E-state index in [2.05, 4.69) is 5.32 Å². The number of benzene rings is 1. The number of rotatable bonds is 8. The number of hydrogen-bond donors (Lipinski definition) is 2. The Morgan fingerprint density at radius 2 is 2.17 bits per heavy atom. The van der Waals surface area contributed by atoms with E-state index in [9.17, 15) is 4.79 Å². The first-order valence-corrected chi connectivity index (χ1v) is 6.24. The summed E-state index contributed by atoms with van der Waals surface area (Å²) in [7, 11) is 1.72. The monoisotopic (exact) mass is 250 g/mol. The van der Waals surface area contributed by atoms with Gasteiger partial charge in [0.1, 0.15) is 0 Å². The van der Waals surface area contributed by atoms with Gasteiger partial charge in [0.25, 0.3) is 0 Å². The van der Waals surface area contributed by atoms with Gasteiger partial charge in [-0.05, 0) is 49.6 Å². The Hall–Kier alpha value is -1.39. The van der Waals surface area contributed by atoms with Crippen molar-refractivity contribution in [2.75, 3.05) is 20.3 Å². The molecule has 1 amide bonds. The number of aryl methyl sites for hydroxylation is 1. The summed E-state index contributed by atoms with van der Waals surface area (Å²) in [5, 5.41) is 3.38. The van der Waals surface area contributed by atoms with Crippen LogP contribution in [0.1, 0.15) is 34.3 Å². The van der Waals surface area contributed by atoms with E-state index in [1.165, 1.54) is 5.56 Å². The maximum absolute atomic E-state index is 11.0. The Balaban J connectivity index is 2.36. The Morgan fingerprint density at radius 1 is 1.39 bits per heavy atom. The number of nitrogens with one attached hydrogen (secondary N) is 1. The minimum absolute atomic E-state index is 0.378. The second-order valence-electron chi connectivity index (χ2n) is 4.38. The minimum atomic E-state index is -0.378. The van der Waals surface area contributed by atoms with Crippen LogP contribution < -0.4 is 11.1 Å². The molecule has 0 bridgehead atoms. The van der Waals surface area contributed by atoms with Crippen LogP contribution in [0.25, 0.3) is 0 Å². The number of carbonyl (C=O) groups excluding carboxylic acids is 1. The average Bonchev–Trinajstić information content (AvgIpc) is 2.35. The normalized spacial score (nSPS) is 10.6. The van der Waals surface area contributed by atoms with E-state index >= 15 is 0 Å². The maximum Gasteiger partial charge on any atom is 0.248 e. The van der Waals surface area contributed by atoms with Gasteiger partial charge in [0.05, 0.1) is 0 Å². The molecule has 0 atom stereocenters. The van der Waals surface area contributed by atoms with Gasteiger partial charge in [-0.3, -0.25) is 4.79 Å². The molecule has 18 heavy (non-hydrogen) atoms. The van der Waals surface area contributed by atoms with Crippen molar-refractivity contribution in [1.82, 2.24) is 5.32 Å². The van der Waals surface area contributed by atoms with Gasteiger partial charge in [0, 0.05) is 25.8 Å². The number of primary amides is 1. The van der Waals surface area contributed by atoms with Crippen LogP contribution in [0, 0.1) is 6.92 Å². The van der Waals surface area contributed by atoms with Crippen molar-refractivity contribution in [3.8, 4) is 0 Å². The predicted octanol–water partition coefficient (Wildman–Crippen LogP) is 1.61. The Morgan fingerprint density at radius 3 is 2.78 bits per heavy atom. The van der Waals surface area contributed by atoms with Gasteiger partial charge >= 0.3 is 0 Å². The predicted molar refractivity (Wildman–Crippen MR) is 72.5 cm³/mol. The number of carbonyl (C=O) groups is 1. The number of ether oxygens (including phenoxy) is 1. The Kier molecular flexibility index (Phi) is 6.39. The highest BCUT2D eigenvalue weighted by Gasteiger charge is 2.03. The SMILES string of the molecule is COCCCCNCc1ccc(C(N)=O)cc1C. The Bertz CT molecular complexity index is 391. The molecule has 4 nitrogen and oxygen atoms in total. The standard InChI is InChI=1S/C14H22N2O2/c1-11-9-12(14(15)17)5-6-13(11)10-16-7-3-4-8-18-2/h5-6,9,16H,3-4,7-8,10H2,1-2H3,(H2,15,17). The van der Waals surface area contributed by atoms with E-state index in [0.29, 0.717) is 5.56 Å². The van der Waals surface area contributed by atoms with Gasteiger partial charge in [-0.1, -0.05) is 6.07 Å². The molecule has 4 heteroatoms. The van der Waals surface area contributed by atoms with Crippen LogP contribution in [-0.4, -0.2) is 26.2 Å². The lowest BCUT2D eigenvalue weighted by Gasteiger charge is -2.08. The summed E-state index contributed by atoms with van der Waals surface area (Å²) in [6.07, 6.45) is 2.18. The van der Waals surface area contributed by atoms with Gasteiger partial charge in [-0.15, -0.1) is 0 Å². The van der Waals surface area contributed by atoms with Crippen molar-refractivity contribution >= 4 is 5.91 Å². The molecule has 0 saturated heterocycles. The van der Waals surface area contributed by atoms with Crippen LogP contribution in [0.3, 0.4) is 0 Å². The molecule has 0 fully saturated rings. The number of amides is 1. The van der Waals surface area contributed by atoms with Crippen molar-refractivity contribution in [3.63, 3.8) is 0 Å². The zero-order chi connectivity index (χ0) is 13.4. The van der Waals surface area contributed by atoms with E-state index in [-0.39, 0.29) is 5.91 Å². The first-order chi connectivity index (χ1) is 8.65. The van der Waals surface area contributed by atoms with Crippen molar-refractivity contribution < 1.29 is 9.53 Å². The summed E-state index contributed by atoms with van der Waals surface area (Å²) in [5.41, 5.74) is 8.09. The number of methoxy groups -OCH3 is 1. The number of hydrogen-bond acceptors (Lipinski definition) is 3. The molecule has 0 unspecified atom stereocenters. The van der Waals surface area contributed by atoms with Gasteiger partial charge in [-0.2, -0.15) is 0 Å². The first kappa shape index (κ1) is 14.7. The smallest absolute Gasteiger partial charge is 0.248 e. The molecule has 100 valence electrons. The van der Waals surface area contributed by atoms with Crippen molar-refractivity contribution in [2.24, 2.45) is 5.73 Å². The van der Waals surface area contributed by atoms with E-state index < -0.39 is 0 Å². The quantitative estimate of drug-likeness (QED) is 0.689. The summed E-state index contributed by atoms with van der Waals surface area (Å²) in [4.78, 5) is 11.0. The Labute approximate surface area is 109 Å². The molecular formula is C14H22N2O2. The zero-order valence-corrected chi connectivity index (χ0v) is 11.2. The molecular weight excluding hydrogens is 228 g/mol. The third kappa shape index (κ3) is 4.85. The van der Waals surface area contributed by atoms with Gasteiger partial charge < -0.3 is 15.8 Å². The second-order valence-corrected chi connectivity index (χ2v) is 4.38. The fraction of sp³-hybridized carbons (Fsp3) is 0.500. The van der Waals surface area contributed by atoms with Gasteiger partial charge in [-0.25, -0.2) is 0 Å². The van der Waals surface area contributed by atoms with Crippen LogP contribution >= 0.6 is 0 Å². The molecule has 0 saturated carbocycles. The largest absolute Gasteiger partial charge is 0.385 e. The summed E-state index contributed by atoms with van der Waals surface area (Å²) in [6, 6.07) is 5.57. The van der Waals surface area contributed by atoms with Crippen LogP contribution in [-0.2, 0) is 11.3 Å². The molecule has 0 aliphatic heterocycles. The lowest BCUT2D eigenvalue weighted by molar-refractivity contribution is 0.1000. The summed E-state index contributed by atoms with van der Waals surface area (Å²) in [6.45, 7) is 4.60. The number of nitrogens with two attached hydrogens (primary N) is 1. The highest BCUT2D eigenvalue weighted by molar-refractivity contribution is 5.93. The van der Waals surface area contributed by atoms with E-state index in [4.69, 9.17) is 10.5 Å². The van der Waals surface area contributed by atoms with Crippen molar-refractivity contribution in [3.05, 3.63) is 34.9 Å². The van der Waals surface area contributed by atoms with Crippen molar-refractivity contribution in [1.29, 1.82) is 0 Å². The minimum Gasteiger partial charge on any atom is -0.385 e. The topological polar surface area (TPSA) is 64.3 Å². The van der Waals surface area contributed by atoms with Gasteiger partial charge in [0.2, 0.25) is 5.91 Å². The van der Waals surface area contributed by atoms with Crippen LogP contribution in [0.2, 0.25) is 0 Å². The fourth-order valence-electron chi connectivity index (χ4n) is 1.77. The highest BCUT2D eigenvalue weighted by Crippen LogP contribution is 2.10. The molecule has 3 N–H and O–H groups in total. The third-order valence-electron chi connectivity index (χ3n) is 2.89. The lowest BCUT2D eigenvalue weighted by Crippen LogP contribution is -2.17. The molecule has 0 spiro atoms. The molecule has 0 radical (unpaired) electrons. The molecule has 1 aromatic rings. The van der Waals surface area contributed by atoms with Crippen LogP contribution in [0.15, 0.2) is 18.2 Å². The summed E-state index contributed by atoms with van der Waals surface area (Å²) < 4.78 is 4.99. The molecule has 0 aliphatic rings. The third-order valence-corrected chi connectivity index (χ3v) is 2.89. The van der Waals surface area contributed by atoms with E-state index in [1.807, 2.05) is 19.1 Å². The van der Waals surface area contributed by atoms with E-state index in [1.54, 1.807) is 13.2 Å². The molecule has 0 aliphatic carbocycles. The van der Waals surface area contributed by atoms with Crippen molar-refractivity contribution in [2.45, 2.75) is 26.3 Å². The second kappa shape index (κ2) is 7.84.